The molecule has 2 rings (SSSR count). The summed E-state index contributed by atoms with van der Waals surface area (Å²) in [4.78, 5) is 26.6. The second-order valence-corrected chi connectivity index (χ2v) is 4.45. The number of hydrogen-bond donors (Lipinski definition) is 2. The second-order valence-electron chi connectivity index (χ2n) is 4.45. The molecule has 0 aliphatic carbocycles. The SMILES string of the molecule is Cc1ccccc1NC(=O)c1cncc(C=CC(=O)O)c1. The molecule has 0 fully saturated rings. The summed E-state index contributed by atoms with van der Waals surface area (Å²) in [5, 5.41) is 11.4. The number of carboxylic acid groups (broad SMARTS) is 1. The predicted molar refractivity (Wildman–Crippen MR) is 80.0 cm³/mol. The van der Waals surface area contributed by atoms with E-state index >= 15 is 0 Å². The lowest BCUT2D eigenvalue weighted by Crippen LogP contribution is -2.13. The van der Waals surface area contributed by atoms with Gasteiger partial charge in [0.15, 0.2) is 0 Å². The van der Waals surface area contributed by atoms with Crippen molar-refractivity contribution >= 4 is 23.6 Å². The Hall–Kier alpha value is -2.95. The number of carbonyl (C=O) groups excluding carboxylic acids is 1. The Morgan fingerprint density at radius 3 is 2.71 bits per heavy atom. The van der Waals surface area contributed by atoms with Crippen LogP contribution < -0.4 is 5.32 Å². The standard InChI is InChI=1S/C16H14N2O3/c1-11-4-2-3-5-14(11)18-16(21)13-8-12(9-17-10-13)6-7-15(19)20/h2-10H,1H3,(H,18,21)(H,19,20). The van der Waals surface area contributed by atoms with Crippen LogP contribution in [0, 0.1) is 6.92 Å². The Labute approximate surface area is 122 Å². The van der Waals surface area contributed by atoms with E-state index in [4.69, 9.17) is 5.11 Å². The molecule has 1 aromatic carbocycles. The molecule has 0 spiro atoms. The molecule has 1 amide bonds. The maximum Gasteiger partial charge on any atom is 0.328 e. The zero-order valence-electron chi connectivity index (χ0n) is 11.4. The minimum Gasteiger partial charge on any atom is -0.478 e. The highest BCUT2D eigenvalue weighted by molar-refractivity contribution is 6.04. The summed E-state index contributed by atoms with van der Waals surface area (Å²) in [5.41, 5.74) is 2.61. The number of carbonyl (C=O) groups is 2. The normalized spacial score (nSPS) is 10.5. The van der Waals surface area contributed by atoms with Crippen LogP contribution in [0.2, 0.25) is 0 Å². The molecule has 0 radical (unpaired) electrons. The molecule has 0 atom stereocenters. The summed E-state index contributed by atoms with van der Waals surface area (Å²) in [6.07, 6.45) is 5.32. The Morgan fingerprint density at radius 1 is 1.24 bits per heavy atom. The fraction of sp³-hybridized carbons (Fsp3) is 0.0625. The number of para-hydroxylation sites is 1. The maximum atomic E-state index is 12.2. The molecule has 0 aliphatic heterocycles. The van der Waals surface area contributed by atoms with E-state index in [1.54, 1.807) is 6.07 Å². The van der Waals surface area contributed by atoms with Crippen LogP contribution in [0.5, 0.6) is 0 Å². The van der Waals surface area contributed by atoms with Gasteiger partial charge in [0.05, 0.1) is 5.56 Å². The number of aryl methyl sites for hydroxylation is 1. The molecule has 0 aliphatic rings. The van der Waals surface area contributed by atoms with Crippen molar-refractivity contribution in [2.75, 3.05) is 5.32 Å². The van der Waals surface area contributed by atoms with Crippen LogP contribution in [0.1, 0.15) is 21.5 Å². The number of rotatable bonds is 4. The van der Waals surface area contributed by atoms with Crippen LogP contribution in [0.25, 0.3) is 6.08 Å². The number of carboxylic acids is 1. The Kier molecular flexibility index (Phi) is 4.46. The Bertz CT molecular complexity index is 708. The summed E-state index contributed by atoms with van der Waals surface area (Å²) in [5.74, 6) is -1.34. The predicted octanol–water partition coefficient (Wildman–Crippen LogP) is 2.74. The first-order valence-corrected chi connectivity index (χ1v) is 6.29. The molecule has 5 nitrogen and oxygen atoms in total. The molecule has 0 saturated heterocycles. The Morgan fingerprint density at radius 2 is 2.00 bits per heavy atom. The quantitative estimate of drug-likeness (QED) is 0.845. The number of amides is 1. The van der Waals surface area contributed by atoms with Gasteiger partial charge in [0.25, 0.3) is 5.91 Å². The molecule has 5 heteroatoms. The third-order valence-corrected chi connectivity index (χ3v) is 2.83. The maximum absolute atomic E-state index is 12.2. The summed E-state index contributed by atoms with van der Waals surface area (Å²) in [7, 11) is 0. The molecule has 106 valence electrons. The van der Waals surface area contributed by atoms with Gasteiger partial charge in [-0.3, -0.25) is 9.78 Å². The molecule has 0 saturated carbocycles. The van der Waals surface area contributed by atoms with E-state index < -0.39 is 5.97 Å². The van der Waals surface area contributed by atoms with Crippen LogP contribution >= 0.6 is 0 Å². The van der Waals surface area contributed by atoms with Gasteiger partial charge in [-0.15, -0.1) is 0 Å². The highest BCUT2D eigenvalue weighted by Crippen LogP contribution is 2.15. The van der Waals surface area contributed by atoms with Gasteiger partial charge < -0.3 is 10.4 Å². The number of aromatic nitrogens is 1. The van der Waals surface area contributed by atoms with E-state index in [9.17, 15) is 9.59 Å². The third-order valence-electron chi connectivity index (χ3n) is 2.83. The van der Waals surface area contributed by atoms with E-state index in [1.807, 2.05) is 31.2 Å². The van der Waals surface area contributed by atoms with Crippen LogP contribution in [-0.2, 0) is 4.79 Å². The van der Waals surface area contributed by atoms with Crippen molar-refractivity contribution in [3.63, 3.8) is 0 Å². The third kappa shape index (κ3) is 4.01. The lowest BCUT2D eigenvalue weighted by Gasteiger charge is -2.08. The van der Waals surface area contributed by atoms with Gasteiger partial charge in [-0.2, -0.15) is 0 Å². The molecule has 0 unspecified atom stereocenters. The molecule has 0 bridgehead atoms. The minimum atomic E-state index is -1.05. The molecule has 1 heterocycles. The van der Waals surface area contributed by atoms with Crippen molar-refractivity contribution in [1.82, 2.24) is 4.98 Å². The second kappa shape index (κ2) is 6.47. The highest BCUT2D eigenvalue weighted by atomic mass is 16.4. The average Bonchev–Trinajstić information content (AvgIpc) is 2.48. The van der Waals surface area contributed by atoms with Gasteiger partial charge in [0.1, 0.15) is 0 Å². The van der Waals surface area contributed by atoms with E-state index in [0.29, 0.717) is 11.1 Å². The number of nitrogens with zero attached hydrogens (tertiary/aromatic N) is 1. The van der Waals surface area contributed by atoms with Crippen LogP contribution in [0.4, 0.5) is 5.69 Å². The number of hydrogen-bond acceptors (Lipinski definition) is 3. The largest absolute Gasteiger partial charge is 0.478 e. The fourth-order valence-electron chi connectivity index (χ4n) is 1.75. The molecule has 21 heavy (non-hydrogen) atoms. The fourth-order valence-corrected chi connectivity index (χ4v) is 1.75. The lowest BCUT2D eigenvalue weighted by molar-refractivity contribution is -0.131. The van der Waals surface area contributed by atoms with Crippen LogP contribution in [0.3, 0.4) is 0 Å². The Balaban J connectivity index is 2.18. The summed E-state index contributed by atoms with van der Waals surface area (Å²) >= 11 is 0. The van der Waals surface area contributed by atoms with Gasteiger partial charge in [-0.1, -0.05) is 18.2 Å². The summed E-state index contributed by atoms with van der Waals surface area (Å²) < 4.78 is 0. The van der Waals surface area contributed by atoms with Gasteiger partial charge in [-0.05, 0) is 36.3 Å². The zero-order chi connectivity index (χ0) is 15.2. The smallest absolute Gasteiger partial charge is 0.328 e. The van der Waals surface area contributed by atoms with Gasteiger partial charge in [0.2, 0.25) is 0 Å². The van der Waals surface area contributed by atoms with E-state index in [-0.39, 0.29) is 5.91 Å². The highest BCUT2D eigenvalue weighted by Gasteiger charge is 2.08. The van der Waals surface area contributed by atoms with Gasteiger partial charge >= 0.3 is 5.97 Å². The molecule has 2 N–H and O–H groups in total. The minimum absolute atomic E-state index is 0.289. The van der Waals surface area contributed by atoms with Gasteiger partial charge in [0, 0.05) is 24.2 Å². The van der Waals surface area contributed by atoms with E-state index in [2.05, 4.69) is 10.3 Å². The first-order chi connectivity index (χ1) is 10.1. The zero-order valence-corrected chi connectivity index (χ0v) is 11.4. The lowest BCUT2D eigenvalue weighted by atomic mass is 10.1. The van der Waals surface area contributed by atoms with Crippen LogP contribution in [0.15, 0.2) is 48.8 Å². The number of nitrogens with one attached hydrogen (secondary N) is 1. The molecular formula is C16H14N2O3. The first kappa shape index (κ1) is 14.5. The number of aliphatic carboxylic acids is 1. The molecule has 1 aromatic heterocycles. The average molecular weight is 282 g/mol. The topological polar surface area (TPSA) is 79.3 Å². The summed E-state index contributed by atoms with van der Waals surface area (Å²) in [6.45, 7) is 1.90. The molecule has 2 aromatic rings. The number of anilines is 1. The first-order valence-electron chi connectivity index (χ1n) is 6.29. The van der Waals surface area contributed by atoms with Crippen molar-refractivity contribution in [2.24, 2.45) is 0 Å². The van der Waals surface area contributed by atoms with E-state index in [1.165, 1.54) is 18.5 Å². The number of pyridine rings is 1. The van der Waals surface area contributed by atoms with Crippen molar-refractivity contribution < 1.29 is 14.7 Å². The van der Waals surface area contributed by atoms with E-state index in [0.717, 1.165) is 17.3 Å². The summed E-state index contributed by atoms with van der Waals surface area (Å²) in [6, 6.07) is 9.03. The number of benzene rings is 1. The van der Waals surface area contributed by atoms with Crippen molar-refractivity contribution in [3.05, 3.63) is 65.5 Å². The van der Waals surface area contributed by atoms with Crippen molar-refractivity contribution in [1.29, 1.82) is 0 Å². The van der Waals surface area contributed by atoms with Crippen molar-refractivity contribution in [3.8, 4) is 0 Å². The molecular weight excluding hydrogens is 268 g/mol. The van der Waals surface area contributed by atoms with Gasteiger partial charge in [-0.25, -0.2) is 4.79 Å². The monoisotopic (exact) mass is 282 g/mol. The van der Waals surface area contributed by atoms with Crippen LogP contribution in [-0.4, -0.2) is 22.0 Å². The van der Waals surface area contributed by atoms with Crippen molar-refractivity contribution in [2.45, 2.75) is 6.92 Å².